The van der Waals surface area contributed by atoms with Gasteiger partial charge >= 0.3 is 0 Å². The first kappa shape index (κ1) is 26.1. The molecule has 4 aliphatic rings. The fraction of sp³-hybridized carbons (Fsp3) is 0.714. The van der Waals surface area contributed by atoms with Crippen LogP contribution in [0.3, 0.4) is 0 Å². The molecule has 5 N–H and O–H groups in total. The van der Waals surface area contributed by atoms with Gasteiger partial charge in [0, 0.05) is 12.6 Å². The van der Waals surface area contributed by atoms with Gasteiger partial charge in [-0.1, -0.05) is 0 Å². The van der Waals surface area contributed by atoms with Gasteiger partial charge in [0.05, 0.1) is 40.7 Å². The summed E-state index contributed by atoms with van der Waals surface area (Å²) in [6.45, 7) is 3.31. The van der Waals surface area contributed by atoms with Crippen LogP contribution >= 0.6 is 0 Å². The number of nitrogens with one attached hydrogen (secondary N) is 2. The van der Waals surface area contributed by atoms with Crippen molar-refractivity contribution in [1.82, 2.24) is 5.32 Å². The maximum absolute atomic E-state index is 11.6. The number of ether oxygens (including phenoxy) is 5. The summed E-state index contributed by atoms with van der Waals surface area (Å²) >= 11 is 0. The number of anilines is 1. The summed E-state index contributed by atoms with van der Waals surface area (Å²) in [5.74, 6) is -1.03. The van der Waals surface area contributed by atoms with Crippen LogP contribution in [0.1, 0.15) is 13.8 Å². The van der Waals surface area contributed by atoms with E-state index in [9.17, 15) is 35.5 Å². The lowest BCUT2D eigenvalue weighted by molar-refractivity contribution is -0.393. The molecule has 1 aromatic carbocycles. The van der Waals surface area contributed by atoms with E-state index in [4.69, 9.17) is 23.7 Å². The molecule has 4 fully saturated rings. The highest BCUT2D eigenvalue weighted by molar-refractivity contribution is 5.66. The number of nitro benzene ring substituents is 2. The van der Waals surface area contributed by atoms with Gasteiger partial charge in [0.15, 0.2) is 18.4 Å². The third-order valence-electron chi connectivity index (χ3n) is 6.87. The van der Waals surface area contributed by atoms with Crippen LogP contribution < -0.4 is 10.6 Å². The minimum atomic E-state index is -1.25. The number of aliphatic hydroxyl groups excluding tert-OH is 3. The zero-order chi connectivity index (χ0) is 26.6. The van der Waals surface area contributed by atoms with E-state index >= 15 is 0 Å². The van der Waals surface area contributed by atoms with Gasteiger partial charge < -0.3 is 49.6 Å². The maximum atomic E-state index is 11.6. The van der Waals surface area contributed by atoms with Crippen LogP contribution in [0.15, 0.2) is 18.2 Å². The number of fused-ring (bicyclic) bond motifs is 3. The molecule has 4 aliphatic heterocycles. The second-order valence-corrected chi connectivity index (χ2v) is 9.81. The Bertz CT molecular complexity index is 1040. The molecule has 16 heteroatoms. The molecule has 0 spiro atoms. The number of hydrogen-bond acceptors (Lipinski definition) is 14. The molecule has 4 heterocycles. The van der Waals surface area contributed by atoms with Gasteiger partial charge in [-0.3, -0.25) is 20.2 Å². The Morgan fingerprint density at radius 2 is 1.84 bits per heavy atom. The number of hydrogen-bond donors (Lipinski definition) is 5. The average molecular weight is 528 g/mol. The molecule has 5 rings (SSSR count). The third-order valence-corrected chi connectivity index (χ3v) is 6.87. The maximum Gasteiger partial charge on any atom is 0.299 e. The molecule has 4 saturated heterocycles. The van der Waals surface area contributed by atoms with Crippen molar-refractivity contribution in [3.05, 3.63) is 38.4 Å². The Labute approximate surface area is 209 Å². The summed E-state index contributed by atoms with van der Waals surface area (Å²) in [7, 11) is 0. The summed E-state index contributed by atoms with van der Waals surface area (Å²) in [4.78, 5) is 21.3. The van der Waals surface area contributed by atoms with Crippen LogP contribution in [0.5, 0.6) is 0 Å². The number of nitro groups is 2. The fourth-order valence-corrected chi connectivity index (χ4v) is 5.13. The van der Waals surface area contributed by atoms with Crippen LogP contribution in [0.2, 0.25) is 0 Å². The predicted molar refractivity (Wildman–Crippen MR) is 120 cm³/mol. The highest BCUT2D eigenvalue weighted by atomic mass is 16.8. The van der Waals surface area contributed by atoms with Gasteiger partial charge in [-0.25, -0.2) is 0 Å². The normalized spacial score (nSPS) is 38.8. The number of benzene rings is 1. The summed E-state index contributed by atoms with van der Waals surface area (Å²) in [5, 5.41) is 60.6. The molecule has 1 aromatic rings. The lowest BCUT2D eigenvalue weighted by Gasteiger charge is -2.37. The van der Waals surface area contributed by atoms with Crippen LogP contribution in [0.4, 0.5) is 17.1 Å². The van der Waals surface area contributed by atoms with Gasteiger partial charge in [0.25, 0.3) is 11.4 Å². The van der Waals surface area contributed by atoms with Crippen molar-refractivity contribution in [1.29, 1.82) is 0 Å². The standard InChI is InChI=1S/C21H28N4O12/c1-21(2)36-18-14(23-9-4-3-8(24(29)30)5-10(9)25(31)32)17(35-20(18)37-21)11(26)6-22-13-15(27)12-7-33-19(34-12)16(13)28/h3-5,11-20,22-23,26-28H,6-7H2,1-2H3/t11?,12-,13-,14+,15-,16+,17-,18-,19-,20-/m1/s1. The highest BCUT2D eigenvalue weighted by Crippen LogP contribution is 2.41. The van der Waals surface area contributed by atoms with Crippen LogP contribution in [-0.2, 0) is 23.7 Å². The molecule has 0 aromatic heterocycles. The Kier molecular flexibility index (Phi) is 6.80. The SMILES string of the molecule is CC1(C)O[C@H]2O[C@H](C(O)CN[C@H]3[C@H](O)[C@@H]4OC[C@@H](O4)[C@H]3O)[C@H](Nc3ccc([N+](=O)[O-])cc3[N+](=O)[O-])[C@H]2O1. The zero-order valence-corrected chi connectivity index (χ0v) is 19.8. The Morgan fingerprint density at radius 1 is 1.08 bits per heavy atom. The van der Waals surface area contributed by atoms with Crippen molar-refractivity contribution in [3.8, 4) is 0 Å². The van der Waals surface area contributed by atoms with E-state index in [-0.39, 0.29) is 18.8 Å². The monoisotopic (exact) mass is 528 g/mol. The van der Waals surface area contributed by atoms with Crippen molar-refractivity contribution in [2.24, 2.45) is 0 Å². The van der Waals surface area contributed by atoms with E-state index in [1.807, 2.05) is 0 Å². The smallest absolute Gasteiger partial charge is 0.299 e. The van der Waals surface area contributed by atoms with E-state index < -0.39 is 88.3 Å². The quantitative estimate of drug-likeness (QED) is 0.201. The van der Waals surface area contributed by atoms with Gasteiger partial charge in [-0.15, -0.1) is 0 Å². The first-order chi connectivity index (χ1) is 17.4. The van der Waals surface area contributed by atoms with Crippen molar-refractivity contribution >= 4 is 17.1 Å². The second kappa shape index (κ2) is 9.64. The van der Waals surface area contributed by atoms with Crippen molar-refractivity contribution in [2.75, 3.05) is 18.5 Å². The molecular formula is C21H28N4O12. The lowest BCUT2D eigenvalue weighted by atomic mass is 9.96. The first-order valence-electron chi connectivity index (χ1n) is 11.7. The molecular weight excluding hydrogens is 500 g/mol. The van der Waals surface area contributed by atoms with Crippen molar-refractivity contribution in [2.45, 2.75) is 80.9 Å². The number of rotatable bonds is 8. The molecule has 0 aliphatic carbocycles. The lowest BCUT2D eigenvalue weighted by Crippen LogP contribution is -2.61. The Balaban J connectivity index is 1.35. The molecule has 16 nitrogen and oxygen atoms in total. The first-order valence-corrected chi connectivity index (χ1v) is 11.7. The van der Waals surface area contributed by atoms with Crippen molar-refractivity contribution in [3.63, 3.8) is 0 Å². The molecule has 0 amide bonds. The molecule has 0 radical (unpaired) electrons. The van der Waals surface area contributed by atoms with E-state index in [2.05, 4.69) is 10.6 Å². The predicted octanol–water partition coefficient (Wildman–Crippen LogP) is -1.04. The Hall–Kier alpha value is -2.54. The minimum Gasteiger partial charge on any atom is -0.389 e. The van der Waals surface area contributed by atoms with E-state index in [0.717, 1.165) is 12.1 Å². The topological polar surface area (TPSA) is 217 Å². The van der Waals surface area contributed by atoms with Gasteiger partial charge in [0.1, 0.15) is 36.2 Å². The second-order valence-electron chi connectivity index (χ2n) is 9.81. The highest BCUT2D eigenvalue weighted by Gasteiger charge is 2.57. The molecule has 37 heavy (non-hydrogen) atoms. The van der Waals surface area contributed by atoms with Crippen LogP contribution in [-0.4, -0.2) is 105 Å². The van der Waals surface area contributed by atoms with E-state index in [1.54, 1.807) is 13.8 Å². The molecule has 10 atom stereocenters. The number of aliphatic hydroxyl groups is 3. The largest absolute Gasteiger partial charge is 0.389 e. The number of non-ortho nitro benzene ring substituents is 1. The van der Waals surface area contributed by atoms with Crippen molar-refractivity contribution < 1.29 is 48.9 Å². The van der Waals surface area contributed by atoms with E-state index in [1.165, 1.54) is 6.07 Å². The molecule has 1 unspecified atom stereocenters. The number of nitrogens with zero attached hydrogens (tertiary/aromatic N) is 2. The summed E-state index contributed by atoms with van der Waals surface area (Å²) in [6, 6.07) is 1.44. The zero-order valence-electron chi connectivity index (χ0n) is 19.8. The van der Waals surface area contributed by atoms with E-state index in [0.29, 0.717) is 0 Å². The molecule has 2 bridgehead atoms. The Morgan fingerprint density at radius 3 is 2.54 bits per heavy atom. The average Bonchev–Trinajstić information content (AvgIpc) is 3.50. The fourth-order valence-electron chi connectivity index (χ4n) is 5.13. The molecule has 204 valence electrons. The van der Waals surface area contributed by atoms with Crippen LogP contribution in [0.25, 0.3) is 0 Å². The van der Waals surface area contributed by atoms with Crippen LogP contribution in [0, 0.1) is 20.2 Å². The summed E-state index contributed by atoms with van der Waals surface area (Å²) in [5.41, 5.74) is -1.02. The van der Waals surface area contributed by atoms with Gasteiger partial charge in [-0.05, 0) is 19.9 Å². The van der Waals surface area contributed by atoms with Gasteiger partial charge in [0.2, 0.25) is 0 Å². The summed E-state index contributed by atoms with van der Waals surface area (Å²) < 4.78 is 28.3. The minimum absolute atomic E-state index is 0.0349. The summed E-state index contributed by atoms with van der Waals surface area (Å²) in [6.07, 6.45) is -7.76. The molecule has 0 saturated carbocycles. The van der Waals surface area contributed by atoms with Gasteiger partial charge in [-0.2, -0.15) is 0 Å². The third kappa shape index (κ3) is 4.87.